The Morgan fingerprint density at radius 1 is 1.10 bits per heavy atom. The normalized spacial score (nSPS) is 20.0. The summed E-state index contributed by atoms with van der Waals surface area (Å²) >= 11 is 0. The lowest BCUT2D eigenvalue weighted by Gasteiger charge is -2.32. The van der Waals surface area contributed by atoms with Crippen LogP contribution in [0.15, 0.2) is 48.5 Å². The van der Waals surface area contributed by atoms with Crippen molar-refractivity contribution < 1.29 is 28.5 Å². The number of amides is 1. The highest BCUT2D eigenvalue weighted by Crippen LogP contribution is 2.16. The third-order valence-electron chi connectivity index (χ3n) is 5.48. The number of rotatable bonds is 8. The monoisotopic (exact) mass is 403 g/mol. The molecule has 7 heteroatoms. The van der Waals surface area contributed by atoms with Gasteiger partial charge in [-0.2, -0.15) is 0 Å². The van der Waals surface area contributed by atoms with Gasteiger partial charge in [0.2, 0.25) is 0 Å². The van der Waals surface area contributed by atoms with Gasteiger partial charge in [-0.25, -0.2) is 4.39 Å². The Hall–Kier alpha value is -2.64. The summed E-state index contributed by atoms with van der Waals surface area (Å²) in [5.74, 6) is 1.24. The maximum atomic E-state index is 13.3. The number of hydrogen-bond donors (Lipinski definition) is 3. The van der Waals surface area contributed by atoms with Crippen LogP contribution in [-0.4, -0.2) is 58.4 Å². The fraction of sp³-hybridized carbons (Fsp3) is 0.409. The first-order chi connectivity index (χ1) is 14.0. The van der Waals surface area contributed by atoms with Crippen LogP contribution in [0.3, 0.4) is 0 Å². The van der Waals surface area contributed by atoms with Crippen molar-refractivity contribution >= 4 is 11.6 Å². The fourth-order valence-corrected chi connectivity index (χ4v) is 3.59. The van der Waals surface area contributed by atoms with Gasteiger partial charge in [-0.15, -0.1) is 0 Å². The average Bonchev–Trinajstić information content (AvgIpc) is 2.74. The standard InChI is InChI=1S/C22H28FN3O3/c1-17(22(27)24-19-5-3-4-18(23)16-19)26-12-10-25(11-13-26)14-15-29-21-8-6-20(28-2)7-9-21/h3-9,16-17H,10-15H2,1-2H3,(H,24,27)/p+2/t17-/m0/s1. The molecular formula is C22H30FN3O3+2. The topological polar surface area (TPSA) is 56.4 Å². The van der Waals surface area contributed by atoms with E-state index >= 15 is 0 Å². The molecule has 0 aromatic heterocycles. The summed E-state index contributed by atoms with van der Waals surface area (Å²) in [5.41, 5.74) is 0.501. The Balaban J connectivity index is 1.38. The van der Waals surface area contributed by atoms with Crippen molar-refractivity contribution in [2.75, 3.05) is 51.8 Å². The Morgan fingerprint density at radius 2 is 1.79 bits per heavy atom. The quantitative estimate of drug-likeness (QED) is 0.583. The van der Waals surface area contributed by atoms with Crippen molar-refractivity contribution in [1.29, 1.82) is 0 Å². The molecule has 1 fully saturated rings. The van der Waals surface area contributed by atoms with Crippen LogP contribution in [0.5, 0.6) is 11.5 Å². The van der Waals surface area contributed by atoms with E-state index in [2.05, 4.69) is 5.32 Å². The van der Waals surface area contributed by atoms with Crippen LogP contribution in [0.2, 0.25) is 0 Å². The summed E-state index contributed by atoms with van der Waals surface area (Å²) in [7, 11) is 1.65. The Labute approximate surface area is 171 Å². The van der Waals surface area contributed by atoms with Crippen LogP contribution in [-0.2, 0) is 4.79 Å². The second-order valence-electron chi connectivity index (χ2n) is 7.40. The highest BCUT2D eigenvalue weighted by atomic mass is 19.1. The van der Waals surface area contributed by atoms with E-state index in [0.29, 0.717) is 12.3 Å². The van der Waals surface area contributed by atoms with Crippen LogP contribution < -0.4 is 24.6 Å². The lowest BCUT2D eigenvalue weighted by Crippen LogP contribution is -3.30. The minimum absolute atomic E-state index is 0.0723. The van der Waals surface area contributed by atoms with Gasteiger partial charge in [-0.05, 0) is 49.4 Å². The second-order valence-corrected chi connectivity index (χ2v) is 7.40. The maximum absolute atomic E-state index is 13.3. The predicted molar refractivity (Wildman–Crippen MR) is 109 cm³/mol. The van der Waals surface area contributed by atoms with Crippen molar-refractivity contribution in [1.82, 2.24) is 0 Å². The maximum Gasteiger partial charge on any atom is 0.282 e. The highest BCUT2D eigenvalue weighted by molar-refractivity contribution is 5.93. The number of quaternary nitrogens is 2. The zero-order valence-electron chi connectivity index (χ0n) is 17.0. The molecule has 3 N–H and O–H groups in total. The minimum Gasteiger partial charge on any atom is -0.497 e. The van der Waals surface area contributed by atoms with E-state index in [4.69, 9.17) is 9.47 Å². The highest BCUT2D eigenvalue weighted by Gasteiger charge is 2.31. The molecule has 1 heterocycles. The summed E-state index contributed by atoms with van der Waals surface area (Å²) in [6, 6.07) is 13.4. The van der Waals surface area contributed by atoms with E-state index in [1.54, 1.807) is 19.2 Å². The summed E-state index contributed by atoms with van der Waals surface area (Å²) in [6.45, 7) is 7.38. The van der Waals surface area contributed by atoms with Gasteiger partial charge in [-0.3, -0.25) is 4.79 Å². The Morgan fingerprint density at radius 3 is 2.45 bits per heavy atom. The van der Waals surface area contributed by atoms with Crippen molar-refractivity contribution in [2.45, 2.75) is 13.0 Å². The molecule has 1 saturated heterocycles. The third-order valence-corrected chi connectivity index (χ3v) is 5.48. The summed E-state index contributed by atoms with van der Waals surface area (Å²) in [6.07, 6.45) is 0. The molecule has 0 bridgehead atoms. The number of hydrogen-bond acceptors (Lipinski definition) is 3. The van der Waals surface area contributed by atoms with Crippen LogP contribution in [0, 0.1) is 5.82 Å². The van der Waals surface area contributed by atoms with E-state index in [9.17, 15) is 9.18 Å². The van der Waals surface area contributed by atoms with Crippen LogP contribution in [0.25, 0.3) is 0 Å². The minimum atomic E-state index is -0.350. The first-order valence-electron chi connectivity index (χ1n) is 10.1. The molecule has 1 aliphatic rings. The third kappa shape index (κ3) is 6.17. The summed E-state index contributed by atoms with van der Waals surface area (Å²) in [5, 5.41) is 2.82. The number of ether oxygens (including phenoxy) is 2. The lowest BCUT2D eigenvalue weighted by atomic mass is 10.2. The average molecular weight is 403 g/mol. The summed E-state index contributed by atoms with van der Waals surface area (Å²) < 4.78 is 24.3. The summed E-state index contributed by atoms with van der Waals surface area (Å²) in [4.78, 5) is 15.2. The van der Waals surface area contributed by atoms with Crippen molar-refractivity contribution in [2.24, 2.45) is 0 Å². The van der Waals surface area contributed by atoms with Gasteiger partial charge in [0.05, 0.1) is 7.11 Å². The first-order valence-corrected chi connectivity index (χ1v) is 10.1. The molecule has 0 radical (unpaired) electrons. The van der Waals surface area contributed by atoms with Crippen LogP contribution in [0.1, 0.15) is 6.92 Å². The Kier molecular flexibility index (Phi) is 7.43. The van der Waals surface area contributed by atoms with Gasteiger partial charge in [0, 0.05) is 5.69 Å². The number of anilines is 1. The molecule has 6 nitrogen and oxygen atoms in total. The molecule has 3 rings (SSSR count). The van der Waals surface area contributed by atoms with E-state index in [1.165, 1.54) is 21.9 Å². The van der Waals surface area contributed by atoms with Gasteiger partial charge in [-0.1, -0.05) is 6.07 Å². The number of carbonyl (C=O) groups is 1. The molecule has 1 amide bonds. The van der Waals surface area contributed by atoms with Crippen molar-refractivity contribution in [3.8, 4) is 11.5 Å². The van der Waals surface area contributed by atoms with Crippen molar-refractivity contribution in [3.63, 3.8) is 0 Å². The molecule has 1 aliphatic heterocycles. The van der Waals surface area contributed by atoms with Crippen LogP contribution in [0.4, 0.5) is 10.1 Å². The van der Waals surface area contributed by atoms with E-state index in [1.807, 2.05) is 31.2 Å². The van der Waals surface area contributed by atoms with Crippen LogP contribution >= 0.6 is 0 Å². The fourth-order valence-electron chi connectivity index (χ4n) is 3.59. The van der Waals surface area contributed by atoms with Gasteiger partial charge >= 0.3 is 0 Å². The van der Waals surface area contributed by atoms with E-state index in [-0.39, 0.29) is 17.8 Å². The zero-order valence-corrected chi connectivity index (χ0v) is 17.0. The number of nitrogens with one attached hydrogen (secondary N) is 3. The molecule has 29 heavy (non-hydrogen) atoms. The molecule has 0 spiro atoms. The Bertz CT molecular complexity index is 792. The zero-order chi connectivity index (χ0) is 20.6. The molecule has 0 unspecified atom stereocenters. The second kappa shape index (κ2) is 10.2. The van der Waals surface area contributed by atoms with Crippen molar-refractivity contribution in [3.05, 3.63) is 54.3 Å². The van der Waals surface area contributed by atoms with Gasteiger partial charge < -0.3 is 24.6 Å². The smallest absolute Gasteiger partial charge is 0.282 e. The number of benzene rings is 2. The molecular weight excluding hydrogens is 373 g/mol. The molecule has 1 atom stereocenters. The van der Waals surface area contributed by atoms with E-state index < -0.39 is 0 Å². The predicted octanol–water partition coefficient (Wildman–Crippen LogP) is 0.0237. The molecule has 0 aliphatic carbocycles. The number of carbonyl (C=O) groups excluding carboxylic acids is 1. The molecule has 2 aromatic rings. The number of halogens is 1. The largest absolute Gasteiger partial charge is 0.497 e. The molecule has 156 valence electrons. The molecule has 0 saturated carbocycles. The first kappa shape index (κ1) is 21.1. The SMILES string of the molecule is COc1ccc(OCC[NH+]2CC[NH+]([C@@H](C)C(=O)Nc3cccc(F)c3)CC2)cc1. The molecule has 2 aromatic carbocycles. The number of piperazine rings is 1. The van der Waals surface area contributed by atoms with Gasteiger partial charge in [0.25, 0.3) is 5.91 Å². The number of methoxy groups -OCH3 is 1. The van der Waals surface area contributed by atoms with E-state index in [0.717, 1.165) is 44.2 Å². The lowest BCUT2D eigenvalue weighted by molar-refractivity contribution is -1.02. The van der Waals surface area contributed by atoms with Gasteiger partial charge in [0.1, 0.15) is 56.6 Å². The van der Waals surface area contributed by atoms with Gasteiger partial charge in [0.15, 0.2) is 6.04 Å².